The molecule has 2 N–H and O–H groups in total. The summed E-state index contributed by atoms with van der Waals surface area (Å²) in [5.74, 6) is -0.925. The number of carboxylic acids is 1. The summed E-state index contributed by atoms with van der Waals surface area (Å²) in [5.41, 5.74) is 5.28. The Labute approximate surface area is 115 Å². The van der Waals surface area contributed by atoms with Crippen LogP contribution in [0.2, 0.25) is 0 Å². The van der Waals surface area contributed by atoms with Crippen molar-refractivity contribution >= 4 is 5.97 Å². The topological polar surface area (TPSA) is 66.8 Å². The third kappa shape index (κ3) is 1.40. The Morgan fingerprint density at radius 3 is 2.30 bits per heavy atom. The van der Waals surface area contributed by atoms with E-state index in [0.29, 0.717) is 0 Å². The van der Waals surface area contributed by atoms with Gasteiger partial charge in [-0.25, -0.2) is 4.79 Å². The number of aliphatic hydroxyl groups excluding tert-OH is 1. The average molecular weight is 268 g/mol. The molecule has 0 aromatic heterocycles. The highest BCUT2D eigenvalue weighted by Gasteiger charge is 2.42. The van der Waals surface area contributed by atoms with E-state index >= 15 is 0 Å². The fraction of sp³-hybridized carbons (Fsp3) is 0.188. The van der Waals surface area contributed by atoms with E-state index in [9.17, 15) is 9.90 Å². The normalized spacial score (nSPS) is 21.6. The van der Waals surface area contributed by atoms with Crippen LogP contribution in [0.3, 0.4) is 0 Å². The quantitative estimate of drug-likeness (QED) is 0.877. The Hall–Kier alpha value is -2.17. The molecule has 2 atom stereocenters. The highest BCUT2D eigenvalue weighted by atomic mass is 16.5. The molecule has 4 rings (SSSR count). The van der Waals surface area contributed by atoms with Crippen LogP contribution in [0.15, 0.2) is 36.4 Å². The van der Waals surface area contributed by atoms with Gasteiger partial charge in [0.05, 0.1) is 12.2 Å². The van der Waals surface area contributed by atoms with Gasteiger partial charge in [-0.2, -0.15) is 0 Å². The van der Waals surface area contributed by atoms with Crippen LogP contribution in [0.1, 0.15) is 50.4 Å². The number of carboxylic acid groups (broad SMARTS) is 1. The molecular weight excluding hydrogens is 256 g/mol. The van der Waals surface area contributed by atoms with Gasteiger partial charge in [-0.15, -0.1) is 0 Å². The van der Waals surface area contributed by atoms with E-state index in [0.717, 1.165) is 27.8 Å². The zero-order valence-electron chi connectivity index (χ0n) is 10.5. The van der Waals surface area contributed by atoms with Crippen molar-refractivity contribution in [1.82, 2.24) is 0 Å². The van der Waals surface area contributed by atoms with Gasteiger partial charge in [0.2, 0.25) is 0 Å². The largest absolute Gasteiger partial charge is 0.478 e. The zero-order valence-corrected chi connectivity index (χ0v) is 10.5. The second kappa shape index (κ2) is 3.91. The first-order chi connectivity index (χ1) is 9.69. The van der Waals surface area contributed by atoms with Crippen molar-refractivity contribution in [2.75, 3.05) is 0 Å². The van der Waals surface area contributed by atoms with E-state index in [1.54, 1.807) is 12.1 Å². The highest BCUT2D eigenvalue weighted by Crippen LogP contribution is 2.54. The average Bonchev–Trinajstić information content (AvgIpc) is 3.02. The van der Waals surface area contributed by atoms with Gasteiger partial charge >= 0.3 is 5.97 Å². The second-order valence-electron chi connectivity index (χ2n) is 5.17. The van der Waals surface area contributed by atoms with E-state index in [-0.39, 0.29) is 24.4 Å². The van der Waals surface area contributed by atoms with E-state index in [2.05, 4.69) is 0 Å². The molecule has 2 bridgehead atoms. The van der Waals surface area contributed by atoms with Crippen LogP contribution in [-0.4, -0.2) is 16.2 Å². The Bertz CT molecular complexity index is 735. The Balaban J connectivity index is 1.86. The number of aliphatic hydroxyl groups is 1. The number of aromatic carboxylic acids is 1. The molecule has 0 saturated heterocycles. The van der Waals surface area contributed by atoms with Crippen LogP contribution in [-0.2, 0) is 11.3 Å². The summed E-state index contributed by atoms with van der Waals surface area (Å²) in [7, 11) is 0. The molecule has 100 valence electrons. The Morgan fingerprint density at radius 1 is 1.00 bits per heavy atom. The minimum absolute atomic E-state index is 0.00940. The van der Waals surface area contributed by atoms with Gasteiger partial charge in [-0.3, -0.25) is 0 Å². The van der Waals surface area contributed by atoms with E-state index in [4.69, 9.17) is 9.84 Å². The molecular formula is C16H12O4. The van der Waals surface area contributed by atoms with E-state index in [1.807, 2.05) is 24.3 Å². The van der Waals surface area contributed by atoms with Crippen LogP contribution < -0.4 is 0 Å². The number of hydrogen-bond acceptors (Lipinski definition) is 3. The number of ether oxygens (including phenoxy) is 1. The van der Waals surface area contributed by atoms with Crippen LogP contribution in [0.4, 0.5) is 0 Å². The predicted octanol–water partition coefficient (Wildman–Crippen LogP) is 2.40. The minimum Gasteiger partial charge on any atom is -0.478 e. The monoisotopic (exact) mass is 268 g/mol. The molecule has 2 aliphatic rings. The van der Waals surface area contributed by atoms with Crippen LogP contribution >= 0.6 is 0 Å². The van der Waals surface area contributed by atoms with E-state index in [1.165, 1.54) is 0 Å². The van der Waals surface area contributed by atoms with Crippen LogP contribution in [0, 0.1) is 0 Å². The molecule has 4 heteroatoms. The Kier molecular flexibility index (Phi) is 2.28. The number of hydrogen-bond donors (Lipinski definition) is 2. The summed E-state index contributed by atoms with van der Waals surface area (Å²) in [6.45, 7) is 0.00940. The molecule has 20 heavy (non-hydrogen) atoms. The molecule has 2 aliphatic heterocycles. The second-order valence-corrected chi connectivity index (χ2v) is 5.17. The first kappa shape index (κ1) is 11.6. The molecule has 0 fully saturated rings. The van der Waals surface area contributed by atoms with Gasteiger partial charge in [0.15, 0.2) is 0 Å². The number of benzene rings is 2. The lowest BCUT2D eigenvalue weighted by molar-refractivity contribution is 0.0696. The molecule has 0 radical (unpaired) electrons. The van der Waals surface area contributed by atoms with Gasteiger partial charge in [-0.1, -0.05) is 24.3 Å². The fourth-order valence-corrected chi connectivity index (χ4v) is 3.13. The third-order valence-electron chi connectivity index (χ3n) is 4.07. The molecule has 0 spiro atoms. The van der Waals surface area contributed by atoms with E-state index < -0.39 is 5.97 Å². The molecule has 2 aromatic carbocycles. The lowest BCUT2D eigenvalue weighted by Gasteiger charge is -2.16. The fourth-order valence-electron chi connectivity index (χ4n) is 3.13. The van der Waals surface area contributed by atoms with Gasteiger partial charge < -0.3 is 14.9 Å². The first-order valence-corrected chi connectivity index (χ1v) is 6.45. The summed E-state index contributed by atoms with van der Waals surface area (Å²) >= 11 is 0. The van der Waals surface area contributed by atoms with Crippen molar-refractivity contribution in [3.63, 3.8) is 0 Å². The number of fused-ring (bicyclic) bond motifs is 8. The van der Waals surface area contributed by atoms with Crippen molar-refractivity contribution in [2.45, 2.75) is 18.8 Å². The van der Waals surface area contributed by atoms with Gasteiger partial charge in [0.1, 0.15) is 12.2 Å². The molecule has 0 amide bonds. The SMILES string of the molecule is O=C(O)c1ccc2c(c1)[C@H]1O[C@@H]2c2cc(CO)ccc21. The van der Waals surface area contributed by atoms with Gasteiger partial charge in [-0.05, 0) is 39.9 Å². The van der Waals surface area contributed by atoms with Crippen LogP contribution in [0.25, 0.3) is 0 Å². The molecule has 0 unspecified atom stereocenters. The highest BCUT2D eigenvalue weighted by molar-refractivity contribution is 5.88. The summed E-state index contributed by atoms with van der Waals surface area (Å²) in [6.07, 6.45) is -0.323. The summed E-state index contributed by atoms with van der Waals surface area (Å²) in [5, 5.41) is 18.3. The zero-order chi connectivity index (χ0) is 13.9. The predicted molar refractivity (Wildman–Crippen MR) is 70.5 cm³/mol. The van der Waals surface area contributed by atoms with Crippen molar-refractivity contribution in [3.8, 4) is 0 Å². The maximum Gasteiger partial charge on any atom is 0.335 e. The van der Waals surface area contributed by atoms with Gasteiger partial charge in [0, 0.05) is 0 Å². The maximum absolute atomic E-state index is 11.1. The van der Waals surface area contributed by atoms with Crippen molar-refractivity contribution in [2.24, 2.45) is 0 Å². The molecule has 2 aromatic rings. The van der Waals surface area contributed by atoms with Gasteiger partial charge in [0.25, 0.3) is 0 Å². The van der Waals surface area contributed by atoms with Crippen molar-refractivity contribution in [1.29, 1.82) is 0 Å². The standard InChI is InChI=1S/C16H12O4/c17-7-8-1-3-10-12(5-8)14-11-4-2-9(16(18)19)6-13(11)15(10)20-14/h1-6,14-15,17H,7H2,(H,18,19)/t14-,15-/m0/s1. The Morgan fingerprint density at radius 2 is 1.65 bits per heavy atom. The summed E-state index contributed by atoms with van der Waals surface area (Å²) in [4.78, 5) is 11.1. The van der Waals surface area contributed by atoms with Crippen molar-refractivity contribution < 1.29 is 19.7 Å². The molecule has 2 heterocycles. The molecule has 0 aliphatic carbocycles. The first-order valence-electron chi connectivity index (χ1n) is 6.45. The minimum atomic E-state index is -0.925. The third-order valence-corrected chi connectivity index (χ3v) is 4.07. The molecule has 0 saturated carbocycles. The maximum atomic E-state index is 11.1. The van der Waals surface area contributed by atoms with Crippen LogP contribution in [0.5, 0.6) is 0 Å². The smallest absolute Gasteiger partial charge is 0.335 e. The van der Waals surface area contributed by atoms with Crippen molar-refractivity contribution in [3.05, 3.63) is 69.8 Å². The number of carbonyl (C=O) groups is 1. The number of rotatable bonds is 2. The molecule has 4 nitrogen and oxygen atoms in total. The summed E-state index contributed by atoms with van der Waals surface area (Å²) < 4.78 is 5.97. The summed E-state index contributed by atoms with van der Waals surface area (Å²) in [6, 6.07) is 10.9. The lowest BCUT2D eigenvalue weighted by Crippen LogP contribution is -2.06. The lowest BCUT2D eigenvalue weighted by atomic mass is 9.84.